The summed E-state index contributed by atoms with van der Waals surface area (Å²) in [4.78, 5) is 0. The van der Waals surface area contributed by atoms with E-state index in [1.807, 2.05) is 0 Å². The highest BCUT2D eigenvalue weighted by Crippen LogP contribution is 2.20. The molecule has 0 amide bonds. The molecule has 1 rings (SSSR count). The maximum Gasteiger partial charge on any atom is 0.100 e. The van der Waals surface area contributed by atoms with Gasteiger partial charge in [0.2, 0.25) is 0 Å². The Morgan fingerprint density at radius 1 is 1.50 bits per heavy atom. The van der Waals surface area contributed by atoms with Crippen molar-refractivity contribution in [1.82, 2.24) is 0 Å². The molecule has 0 aromatic heterocycles. The molecule has 3 atom stereocenters. The van der Waals surface area contributed by atoms with Crippen LogP contribution in [-0.2, 0) is 4.74 Å². The van der Waals surface area contributed by atoms with Crippen molar-refractivity contribution in [1.29, 1.82) is 0 Å². The Bertz CT molecular complexity index is 131. The van der Waals surface area contributed by atoms with Crippen molar-refractivity contribution in [3.63, 3.8) is 0 Å². The third-order valence-electron chi connectivity index (χ3n) is 2.22. The average molecular weight is 175 g/mol. The van der Waals surface area contributed by atoms with E-state index >= 15 is 0 Å². The van der Waals surface area contributed by atoms with Crippen LogP contribution in [0, 0.1) is 0 Å². The first-order valence-electron chi connectivity index (χ1n) is 4.40. The molecule has 0 saturated heterocycles. The Hall–Kier alpha value is -0.160. The van der Waals surface area contributed by atoms with E-state index in [1.54, 1.807) is 0 Å². The zero-order chi connectivity index (χ0) is 8.97. The van der Waals surface area contributed by atoms with Gasteiger partial charge in [0.1, 0.15) is 6.10 Å². The van der Waals surface area contributed by atoms with E-state index in [0.29, 0.717) is 0 Å². The van der Waals surface area contributed by atoms with E-state index in [0.717, 1.165) is 19.3 Å². The van der Waals surface area contributed by atoms with Gasteiger partial charge in [0.15, 0.2) is 0 Å². The summed E-state index contributed by atoms with van der Waals surface area (Å²) in [6, 6.07) is 0.107. The van der Waals surface area contributed by atoms with Gasteiger partial charge in [-0.15, -0.1) is 0 Å². The molecule has 0 radical (unpaired) electrons. The third-order valence-corrected chi connectivity index (χ3v) is 2.22. The minimum Gasteiger partial charge on any atom is -0.394 e. The molecule has 0 bridgehead atoms. The van der Waals surface area contributed by atoms with Gasteiger partial charge in [0.25, 0.3) is 0 Å². The Balaban J connectivity index is 2.13. The van der Waals surface area contributed by atoms with E-state index in [1.165, 1.54) is 0 Å². The zero-order valence-electron chi connectivity index (χ0n) is 7.15. The molecule has 1 saturated carbocycles. The van der Waals surface area contributed by atoms with Crippen LogP contribution in [0.1, 0.15) is 19.3 Å². The zero-order valence-corrected chi connectivity index (χ0v) is 7.15. The van der Waals surface area contributed by atoms with Gasteiger partial charge in [-0.05, 0) is 19.3 Å². The topological polar surface area (TPSA) is 75.7 Å². The van der Waals surface area contributed by atoms with Crippen LogP contribution in [0.5, 0.6) is 0 Å². The summed E-state index contributed by atoms with van der Waals surface area (Å²) in [7, 11) is 0. The van der Waals surface area contributed by atoms with Crippen LogP contribution in [0.15, 0.2) is 0 Å². The second kappa shape index (κ2) is 4.77. The van der Waals surface area contributed by atoms with Crippen LogP contribution >= 0.6 is 0 Å². The van der Waals surface area contributed by atoms with Crippen molar-refractivity contribution in [2.75, 3.05) is 13.2 Å². The van der Waals surface area contributed by atoms with Gasteiger partial charge < -0.3 is 20.7 Å². The first-order chi connectivity index (χ1) is 5.74. The molecule has 0 aliphatic heterocycles. The molecule has 0 aromatic rings. The van der Waals surface area contributed by atoms with Gasteiger partial charge in [-0.3, -0.25) is 0 Å². The lowest BCUT2D eigenvalue weighted by Gasteiger charge is -2.17. The Morgan fingerprint density at radius 2 is 2.25 bits per heavy atom. The van der Waals surface area contributed by atoms with Crippen LogP contribution in [0.25, 0.3) is 0 Å². The average Bonchev–Trinajstić information content (AvgIpc) is 2.47. The molecule has 72 valence electrons. The van der Waals surface area contributed by atoms with E-state index < -0.39 is 6.10 Å². The van der Waals surface area contributed by atoms with Crippen LogP contribution in [-0.4, -0.2) is 41.7 Å². The SMILES string of the molecule is NC1CCCC1OCC(O)CO. The van der Waals surface area contributed by atoms with E-state index in [2.05, 4.69) is 0 Å². The van der Waals surface area contributed by atoms with Gasteiger partial charge in [-0.2, -0.15) is 0 Å². The lowest BCUT2D eigenvalue weighted by Crippen LogP contribution is -2.34. The van der Waals surface area contributed by atoms with Gasteiger partial charge in [-0.1, -0.05) is 0 Å². The highest BCUT2D eigenvalue weighted by atomic mass is 16.5. The van der Waals surface area contributed by atoms with Crippen molar-refractivity contribution in [2.24, 2.45) is 5.73 Å². The molecule has 12 heavy (non-hydrogen) atoms. The highest BCUT2D eigenvalue weighted by molar-refractivity contribution is 4.81. The lowest BCUT2D eigenvalue weighted by molar-refractivity contribution is -0.0305. The van der Waals surface area contributed by atoms with Gasteiger partial charge >= 0.3 is 0 Å². The molecule has 0 spiro atoms. The van der Waals surface area contributed by atoms with Crippen molar-refractivity contribution in [3.05, 3.63) is 0 Å². The van der Waals surface area contributed by atoms with Crippen LogP contribution in [0.3, 0.4) is 0 Å². The summed E-state index contributed by atoms with van der Waals surface area (Å²) in [5.74, 6) is 0. The molecule has 0 aromatic carbocycles. The van der Waals surface area contributed by atoms with Gasteiger partial charge in [0.05, 0.1) is 19.3 Å². The van der Waals surface area contributed by atoms with E-state index in [4.69, 9.17) is 20.7 Å². The number of aliphatic hydroxyl groups is 2. The monoisotopic (exact) mass is 175 g/mol. The standard InChI is InChI=1S/C8H17NO3/c9-7-2-1-3-8(7)12-5-6(11)4-10/h6-8,10-11H,1-5,9H2. The molecule has 3 unspecified atom stereocenters. The molecule has 1 aliphatic carbocycles. The predicted octanol–water partition coefficient (Wildman–Crippen LogP) is -0.764. The molecule has 4 N–H and O–H groups in total. The van der Waals surface area contributed by atoms with Crippen molar-refractivity contribution in [2.45, 2.75) is 37.5 Å². The number of nitrogens with two attached hydrogens (primary N) is 1. The fourth-order valence-corrected chi connectivity index (χ4v) is 1.45. The summed E-state index contributed by atoms with van der Waals surface area (Å²) in [5, 5.41) is 17.5. The van der Waals surface area contributed by atoms with Crippen molar-refractivity contribution < 1.29 is 14.9 Å². The third kappa shape index (κ3) is 2.71. The fraction of sp³-hybridized carbons (Fsp3) is 1.00. The molecule has 4 heteroatoms. The maximum atomic E-state index is 8.99. The van der Waals surface area contributed by atoms with E-state index in [-0.39, 0.29) is 25.4 Å². The summed E-state index contributed by atoms with van der Waals surface area (Å²) in [6.45, 7) is -0.0587. The van der Waals surface area contributed by atoms with Crippen molar-refractivity contribution >= 4 is 0 Å². The summed E-state index contributed by atoms with van der Waals surface area (Å²) < 4.78 is 5.33. The molecule has 0 heterocycles. The second-order valence-corrected chi connectivity index (χ2v) is 3.30. The number of aliphatic hydroxyl groups excluding tert-OH is 2. The van der Waals surface area contributed by atoms with Crippen LogP contribution in [0.4, 0.5) is 0 Å². The quantitative estimate of drug-likeness (QED) is 0.525. The van der Waals surface area contributed by atoms with Gasteiger partial charge in [-0.25, -0.2) is 0 Å². The minimum absolute atomic E-state index is 0.0752. The van der Waals surface area contributed by atoms with Gasteiger partial charge in [0, 0.05) is 6.04 Å². The molecule has 4 nitrogen and oxygen atoms in total. The predicted molar refractivity (Wildman–Crippen MR) is 44.7 cm³/mol. The molecular weight excluding hydrogens is 158 g/mol. The van der Waals surface area contributed by atoms with Crippen LogP contribution < -0.4 is 5.73 Å². The normalized spacial score (nSPS) is 32.2. The smallest absolute Gasteiger partial charge is 0.100 e. The Kier molecular flexibility index (Phi) is 3.94. The first kappa shape index (κ1) is 9.92. The summed E-state index contributed by atoms with van der Waals surface area (Å²) in [6.07, 6.45) is 2.38. The van der Waals surface area contributed by atoms with Crippen LogP contribution in [0.2, 0.25) is 0 Å². The minimum atomic E-state index is -0.766. The molecule has 1 aliphatic rings. The molecule has 1 fully saturated rings. The highest BCUT2D eigenvalue weighted by Gasteiger charge is 2.24. The maximum absolute atomic E-state index is 8.99. The first-order valence-corrected chi connectivity index (χ1v) is 4.40. The second-order valence-electron chi connectivity index (χ2n) is 3.30. The summed E-state index contributed by atoms with van der Waals surface area (Å²) >= 11 is 0. The summed E-state index contributed by atoms with van der Waals surface area (Å²) in [5.41, 5.74) is 5.74. The fourth-order valence-electron chi connectivity index (χ4n) is 1.45. The number of ether oxygens (including phenoxy) is 1. The number of hydrogen-bond acceptors (Lipinski definition) is 4. The lowest BCUT2D eigenvalue weighted by atomic mass is 10.2. The number of rotatable bonds is 4. The van der Waals surface area contributed by atoms with Crippen molar-refractivity contribution in [3.8, 4) is 0 Å². The number of hydrogen-bond donors (Lipinski definition) is 3. The Morgan fingerprint density at radius 3 is 2.75 bits per heavy atom. The molecular formula is C8H17NO3. The Labute approximate surface area is 72.3 Å². The van der Waals surface area contributed by atoms with E-state index in [9.17, 15) is 0 Å². The largest absolute Gasteiger partial charge is 0.394 e.